The summed E-state index contributed by atoms with van der Waals surface area (Å²) in [4.78, 5) is 11.9. The lowest BCUT2D eigenvalue weighted by Gasteiger charge is -2.12. The zero-order valence-corrected chi connectivity index (χ0v) is 10.4. The van der Waals surface area contributed by atoms with Gasteiger partial charge in [-0.1, -0.05) is 36.4 Å². The molecular weight excluding hydrogens is 240 g/mol. The highest BCUT2D eigenvalue weighted by Gasteiger charge is 2.10. The van der Waals surface area contributed by atoms with Crippen molar-refractivity contribution in [3.8, 4) is 0 Å². The third-order valence-electron chi connectivity index (χ3n) is 2.79. The topological polar surface area (TPSA) is 75.4 Å². The van der Waals surface area contributed by atoms with Crippen molar-refractivity contribution >= 4 is 11.6 Å². The van der Waals surface area contributed by atoms with Gasteiger partial charge in [-0.25, -0.2) is 0 Å². The fourth-order valence-corrected chi connectivity index (χ4v) is 1.76. The van der Waals surface area contributed by atoms with Crippen LogP contribution >= 0.6 is 0 Å². The van der Waals surface area contributed by atoms with Gasteiger partial charge in [0.1, 0.15) is 0 Å². The molecule has 2 rings (SSSR count). The minimum absolute atomic E-state index is 0.164. The molecule has 0 aliphatic heterocycles. The molecule has 2 aromatic carbocycles. The van der Waals surface area contributed by atoms with E-state index in [0.29, 0.717) is 11.3 Å². The maximum Gasteiger partial charge on any atom is 0.251 e. The number of nitrogen functional groups attached to an aromatic ring is 1. The lowest BCUT2D eigenvalue weighted by molar-refractivity contribution is 0.0916. The third-order valence-corrected chi connectivity index (χ3v) is 2.79. The fourth-order valence-electron chi connectivity index (χ4n) is 1.76. The number of aliphatic hydroxyl groups excluding tert-OH is 1. The van der Waals surface area contributed by atoms with Crippen LogP contribution < -0.4 is 11.1 Å². The first-order valence-electron chi connectivity index (χ1n) is 6.03. The number of hydrogen-bond donors (Lipinski definition) is 3. The van der Waals surface area contributed by atoms with Gasteiger partial charge in [-0.05, 0) is 23.8 Å². The van der Waals surface area contributed by atoms with Gasteiger partial charge >= 0.3 is 0 Å². The summed E-state index contributed by atoms with van der Waals surface area (Å²) in [7, 11) is 0. The summed E-state index contributed by atoms with van der Waals surface area (Å²) in [6.45, 7) is 0.164. The molecule has 0 unspecified atom stereocenters. The number of carbonyl (C=O) groups excluding carboxylic acids is 1. The van der Waals surface area contributed by atoms with Crippen molar-refractivity contribution in [1.82, 2.24) is 5.32 Å². The number of nitrogens with two attached hydrogens (primary N) is 1. The lowest BCUT2D eigenvalue weighted by atomic mass is 10.1. The number of nitrogens with one attached hydrogen (secondary N) is 1. The van der Waals surface area contributed by atoms with E-state index in [-0.39, 0.29) is 12.5 Å². The van der Waals surface area contributed by atoms with E-state index < -0.39 is 6.10 Å². The first-order chi connectivity index (χ1) is 9.16. The molecule has 0 radical (unpaired) electrons. The third kappa shape index (κ3) is 3.56. The van der Waals surface area contributed by atoms with Crippen LogP contribution in [0.15, 0.2) is 54.6 Å². The molecule has 2 aromatic rings. The molecule has 98 valence electrons. The SMILES string of the molecule is Nc1cccc(C(=O)NC[C@H](O)c2ccccc2)c1. The smallest absolute Gasteiger partial charge is 0.251 e. The maximum atomic E-state index is 11.9. The molecule has 4 heteroatoms. The lowest BCUT2D eigenvalue weighted by Crippen LogP contribution is -2.28. The standard InChI is InChI=1S/C15H16N2O2/c16-13-8-4-7-12(9-13)15(19)17-10-14(18)11-5-2-1-3-6-11/h1-9,14,18H,10,16H2,(H,17,19)/t14-/m0/s1. The first kappa shape index (κ1) is 13.1. The maximum absolute atomic E-state index is 11.9. The molecule has 0 bridgehead atoms. The summed E-state index contributed by atoms with van der Waals surface area (Å²) in [6, 6.07) is 15.9. The number of hydrogen-bond acceptors (Lipinski definition) is 3. The summed E-state index contributed by atoms with van der Waals surface area (Å²) in [5.41, 5.74) is 7.41. The van der Waals surface area contributed by atoms with Crippen molar-refractivity contribution in [2.24, 2.45) is 0 Å². The van der Waals surface area contributed by atoms with Crippen molar-refractivity contribution in [3.63, 3.8) is 0 Å². The number of amides is 1. The van der Waals surface area contributed by atoms with Gasteiger partial charge < -0.3 is 16.2 Å². The van der Waals surface area contributed by atoms with E-state index in [0.717, 1.165) is 5.56 Å². The Labute approximate surface area is 111 Å². The molecule has 19 heavy (non-hydrogen) atoms. The van der Waals surface area contributed by atoms with Gasteiger partial charge in [-0.15, -0.1) is 0 Å². The van der Waals surface area contributed by atoms with Gasteiger partial charge in [0.25, 0.3) is 5.91 Å². The Balaban J connectivity index is 1.94. The normalized spacial score (nSPS) is 11.8. The summed E-state index contributed by atoms with van der Waals surface area (Å²) < 4.78 is 0. The highest BCUT2D eigenvalue weighted by atomic mass is 16.3. The number of rotatable bonds is 4. The molecule has 0 saturated carbocycles. The summed E-state index contributed by atoms with van der Waals surface area (Å²) in [5.74, 6) is -0.248. The highest BCUT2D eigenvalue weighted by molar-refractivity contribution is 5.94. The van der Waals surface area contributed by atoms with Gasteiger partial charge in [0.05, 0.1) is 6.10 Å². The van der Waals surface area contributed by atoms with Crippen molar-refractivity contribution in [3.05, 3.63) is 65.7 Å². The average molecular weight is 256 g/mol. The Morgan fingerprint density at radius 1 is 1.16 bits per heavy atom. The molecule has 0 aliphatic rings. The number of aliphatic hydroxyl groups is 1. The van der Waals surface area contributed by atoms with Gasteiger partial charge in [-0.3, -0.25) is 4.79 Å². The second kappa shape index (κ2) is 6.02. The molecule has 0 aliphatic carbocycles. The molecule has 0 heterocycles. The van der Waals surface area contributed by atoms with Gasteiger partial charge in [0.2, 0.25) is 0 Å². The van der Waals surface area contributed by atoms with Crippen molar-refractivity contribution in [2.45, 2.75) is 6.10 Å². The zero-order valence-electron chi connectivity index (χ0n) is 10.4. The molecule has 0 saturated heterocycles. The first-order valence-corrected chi connectivity index (χ1v) is 6.03. The van der Waals surface area contributed by atoms with E-state index in [4.69, 9.17) is 5.73 Å². The van der Waals surface area contributed by atoms with Crippen molar-refractivity contribution in [2.75, 3.05) is 12.3 Å². The molecule has 0 aromatic heterocycles. The van der Waals surface area contributed by atoms with Gasteiger partial charge in [0.15, 0.2) is 0 Å². The van der Waals surface area contributed by atoms with E-state index in [2.05, 4.69) is 5.32 Å². The number of benzene rings is 2. The second-order valence-electron chi connectivity index (χ2n) is 4.26. The van der Waals surface area contributed by atoms with E-state index in [1.54, 1.807) is 24.3 Å². The van der Waals surface area contributed by atoms with E-state index in [9.17, 15) is 9.90 Å². The predicted octanol–water partition coefficient (Wildman–Crippen LogP) is 1.73. The van der Waals surface area contributed by atoms with Crippen LogP contribution in [-0.4, -0.2) is 17.6 Å². The Kier molecular flexibility index (Phi) is 4.15. The van der Waals surface area contributed by atoms with Crippen LogP contribution in [0.5, 0.6) is 0 Å². The Morgan fingerprint density at radius 2 is 1.89 bits per heavy atom. The summed E-state index contributed by atoms with van der Waals surface area (Å²) in [5, 5.41) is 12.6. The van der Waals surface area contributed by atoms with Crippen molar-refractivity contribution in [1.29, 1.82) is 0 Å². The van der Waals surface area contributed by atoms with Crippen LogP contribution in [0.2, 0.25) is 0 Å². The summed E-state index contributed by atoms with van der Waals surface area (Å²) in [6.07, 6.45) is -0.716. The molecule has 4 N–H and O–H groups in total. The Bertz CT molecular complexity index is 555. The van der Waals surface area contributed by atoms with Crippen LogP contribution in [0, 0.1) is 0 Å². The molecule has 0 fully saturated rings. The monoisotopic (exact) mass is 256 g/mol. The van der Waals surface area contributed by atoms with Crippen molar-refractivity contribution < 1.29 is 9.90 Å². The fraction of sp³-hybridized carbons (Fsp3) is 0.133. The van der Waals surface area contributed by atoms with Crippen LogP contribution in [0.4, 0.5) is 5.69 Å². The van der Waals surface area contributed by atoms with Gasteiger partial charge in [0, 0.05) is 17.8 Å². The van der Waals surface area contributed by atoms with Crippen LogP contribution in [0.3, 0.4) is 0 Å². The number of carbonyl (C=O) groups is 1. The molecule has 0 spiro atoms. The van der Waals surface area contributed by atoms with E-state index in [1.165, 1.54) is 0 Å². The quantitative estimate of drug-likeness (QED) is 0.729. The predicted molar refractivity (Wildman–Crippen MR) is 74.6 cm³/mol. The Morgan fingerprint density at radius 3 is 2.58 bits per heavy atom. The molecular formula is C15H16N2O2. The highest BCUT2D eigenvalue weighted by Crippen LogP contribution is 2.11. The minimum atomic E-state index is -0.716. The van der Waals surface area contributed by atoms with E-state index in [1.807, 2.05) is 30.3 Å². The minimum Gasteiger partial charge on any atom is -0.399 e. The van der Waals surface area contributed by atoms with E-state index >= 15 is 0 Å². The van der Waals surface area contributed by atoms with Gasteiger partial charge in [-0.2, -0.15) is 0 Å². The second-order valence-corrected chi connectivity index (χ2v) is 4.26. The molecule has 1 amide bonds. The van der Waals surface area contributed by atoms with Crippen LogP contribution in [0.25, 0.3) is 0 Å². The molecule has 4 nitrogen and oxygen atoms in total. The van der Waals surface area contributed by atoms with Crippen LogP contribution in [0.1, 0.15) is 22.0 Å². The zero-order chi connectivity index (χ0) is 13.7. The van der Waals surface area contributed by atoms with Crippen LogP contribution in [-0.2, 0) is 0 Å². The Hall–Kier alpha value is -2.33. The largest absolute Gasteiger partial charge is 0.399 e. The summed E-state index contributed by atoms with van der Waals surface area (Å²) >= 11 is 0. The average Bonchev–Trinajstić information content (AvgIpc) is 2.45. The number of anilines is 1. The molecule has 1 atom stereocenters.